The van der Waals surface area contributed by atoms with Crippen molar-refractivity contribution in [2.24, 2.45) is 7.05 Å². The van der Waals surface area contributed by atoms with Crippen molar-refractivity contribution in [3.63, 3.8) is 0 Å². The summed E-state index contributed by atoms with van der Waals surface area (Å²) in [6.45, 7) is 2.16. The van der Waals surface area contributed by atoms with Gasteiger partial charge in [0.2, 0.25) is 0 Å². The summed E-state index contributed by atoms with van der Waals surface area (Å²) in [5, 5.41) is 5.70. The second kappa shape index (κ2) is 4.60. The zero-order valence-electron chi connectivity index (χ0n) is 11.2. The molecule has 1 aliphatic rings. The molecule has 0 saturated heterocycles. The van der Waals surface area contributed by atoms with Gasteiger partial charge in [0.15, 0.2) is 0 Å². The molecule has 3 rings (SSSR count). The van der Waals surface area contributed by atoms with Crippen LogP contribution in [0.3, 0.4) is 0 Å². The molecule has 1 aromatic carbocycles. The minimum atomic E-state index is 0.735. The highest BCUT2D eigenvalue weighted by Crippen LogP contribution is 2.36. The Kier molecular flexibility index (Phi) is 2.94. The van der Waals surface area contributed by atoms with Crippen LogP contribution in [0.4, 0.5) is 0 Å². The molecule has 1 saturated carbocycles. The Bertz CT molecular complexity index is 582. The first-order valence-electron chi connectivity index (χ1n) is 6.83. The maximum atomic E-state index is 4.43. The predicted octanol–water partition coefficient (Wildman–Crippen LogP) is 4.18. The lowest BCUT2D eigenvalue weighted by Gasteiger charge is -2.24. The van der Waals surface area contributed by atoms with E-state index in [0.29, 0.717) is 0 Å². The maximum Gasteiger partial charge on any atom is 0.0923 e. The Balaban J connectivity index is 1.86. The summed E-state index contributed by atoms with van der Waals surface area (Å²) in [6.07, 6.45) is 9.54. The molecule has 1 fully saturated rings. The molecule has 1 heterocycles. The fourth-order valence-corrected chi connectivity index (χ4v) is 3.03. The molecule has 1 aliphatic carbocycles. The van der Waals surface area contributed by atoms with Crippen molar-refractivity contribution in [3.05, 3.63) is 41.6 Å². The SMILES string of the molecule is CC=C1CCC(c2ccc3nn(C)cc3c2)CC1. The van der Waals surface area contributed by atoms with E-state index < -0.39 is 0 Å². The van der Waals surface area contributed by atoms with E-state index in [1.54, 1.807) is 5.57 Å². The highest BCUT2D eigenvalue weighted by atomic mass is 15.2. The molecule has 0 aliphatic heterocycles. The Morgan fingerprint density at radius 3 is 2.78 bits per heavy atom. The smallest absolute Gasteiger partial charge is 0.0923 e. The van der Waals surface area contributed by atoms with E-state index in [1.165, 1.54) is 36.6 Å². The van der Waals surface area contributed by atoms with Crippen LogP contribution in [-0.4, -0.2) is 9.78 Å². The monoisotopic (exact) mass is 240 g/mol. The summed E-state index contributed by atoms with van der Waals surface area (Å²) in [5.41, 5.74) is 4.23. The third-order valence-electron chi connectivity index (χ3n) is 4.15. The first kappa shape index (κ1) is 11.5. The third-order valence-corrected chi connectivity index (χ3v) is 4.15. The van der Waals surface area contributed by atoms with Gasteiger partial charge < -0.3 is 0 Å². The number of allylic oxidation sites excluding steroid dienone is 2. The zero-order chi connectivity index (χ0) is 12.5. The van der Waals surface area contributed by atoms with Crippen LogP contribution in [0.1, 0.15) is 44.1 Å². The molecule has 0 N–H and O–H groups in total. The van der Waals surface area contributed by atoms with E-state index in [1.807, 2.05) is 11.7 Å². The molecule has 0 atom stereocenters. The highest BCUT2D eigenvalue weighted by molar-refractivity contribution is 5.78. The Morgan fingerprint density at radius 2 is 2.06 bits per heavy atom. The van der Waals surface area contributed by atoms with Gasteiger partial charge in [-0.2, -0.15) is 5.10 Å². The van der Waals surface area contributed by atoms with Gasteiger partial charge in [-0.05, 0) is 56.2 Å². The predicted molar refractivity (Wildman–Crippen MR) is 75.7 cm³/mol. The summed E-state index contributed by atoms with van der Waals surface area (Å²) in [5.74, 6) is 0.735. The third kappa shape index (κ3) is 2.07. The Labute approximate surface area is 108 Å². The molecular formula is C16H20N2. The summed E-state index contributed by atoms with van der Waals surface area (Å²) >= 11 is 0. The number of benzene rings is 1. The van der Waals surface area contributed by atoms with Gasteiger partial charge in [-0.3, -0.25) is 4.68 Å². The van der Waals surface area contributed by atoms with Gasteiger partial charge in [0, 0.05) is 18.6 Å². The topological polar surface area (TPSA) is 17.8 Å². The number of nitrogens with zero attached hydrogens (tertiary/aromatic N) is 2. The van der Waals surface area contributed by atoms with Crippen LogP contribution in [0.25, 0.3) is 10.9 Å². The molecule has 2 heteroatoms. The molecule has 94 valence electrons. The van der Waals surface area contributed by atoms with E-state index in [-0.39, 0.29) is 0 Å². The van der Waals surface area contributed by atoms with Crippen LogP contribution in [0.15, 0.2) is 36.0 Å². The summed E-state index contributed by atoms with van der Waals surface area (Å²) < 4.78 is 1.90. The maximum absolute atomic E-state index is 4.43. The van der Waals surface area contributed by atoms with Crippen molar-refractivity contribution in [1.29, 1.82) is 0 Å². The second-order valence-corrected chi connectivity index (χ2v) is 5.34. The molecule has 0 unspecified atom stereocenters. The lowest BCUT2D eigenvalue weighted by atomic mass is 9.81. The fraction of sp³-hybridized carbons (Fsp3) is 0.438. The average molecular weight is 240 g/mol. The standard InChI is InChI=1S/C16H20N2/c1-3-12-4-6-13(7-5-12)14-8-9-16-15(10-14)11-18(2)17-16/h3,8-11,13H,4-7H2,1-2H3. The number of rotatable bonds is 1. The summed E-state index contributed by atoms with van der Waals surface area (Å²) in [4.78, 5) is 0. The van der Waals surface area contributed by atoms with Gasteiger partial charge in [-0.25, -0.2) is 0 Å². The van der Waals surface area contributed by atoms with Crippen LogP contribution in [0.5, 0.6) is 0 Å². The van der Waals surface area contributed by atoms with Gasteiger partial charge in [0.1, 0.15) is 0 Å². The van der Waals surface area contributed by atoms with Crippen molar-refractivity contribution >= 4 is 10.9 Å². The second-order valence-electron chi connectivity index (χ2n) is 5.34. The summed E-state index contributed by atoms with van der Waals surface area (Å²) in [6, 6.07) is 6.75. The normalized spacial score (nSPS) is 20.3. The lowest BCUT2D eigenvalue weighted by molar-refractivity contribution is 0.516. The number of aromatic nitrogens is 2. The minimum Gasteiger partial charge on any atom is -0.275 e. The number of hydrogen-bond acceptors (Lipinski definition) is 1. The van der Waals surface area contributed by atoms with E-state index in [0.717, 1.165) is 11.4 Å². The van der Waals surface area contributed by atoms with Crippen molar-refractivity contribution in [3.8, 4) is 0 Å². The van der Waals surface area contributed by atoms with Crippen LogP contribution in [-0.2, 0) is 7.05 Å². The average Bonchev–Trinajstić information content (AvgIpc) is 2.78. The molecule has 2 aromatic rings. The van der Waals surface area contributed by atoms with E-state index in [9.17, 15) is 0 Å². The highest BCUT2D eigenvalue weighted by Gasteiger charge is 2.18. The minimum absolute atomic E-state index is 0.735. The van der Waals surface area contributed by atoms with Gasteiger partial charge >= 0.3 is 0 Å². The van der Waals surface area contributed by atoms with Crippen molar-refractivity contribution < 1.29 is 0 Å². The molecule has 0 amide bonds. The first-order chi connectivity index (χ1) is 8.76. The van der Waals surface area contributed by atoms with Gasteiger partial charge in [-0.15, -0.1) is 0 Å². The molecular weight excluding hydrogens is 220 g/mol. The quantitative estimate of drug-likeness (QED) is 0.684. The fourth-order valence-electron chi connectivity index (χ4n) is 3.03. The van der Waals surface area contributed by atoms with Crippen LogP contribution in [0.2, 0.25) is 0 Å². The number of fused-ring (bicyclic) bond motifs is 1. The van der Waals surface area contributed by atoms with Crippen molar-refractivity contribution in [2.75, 3.05) is 0 Å². The zero-order valence-corrected chi connectivity index (χ0v) is 11.2. The molecule has 0 spiro atoms. The number of hydrogen-bond donors (Lipinski definition) is 0. The largest absolute Gasteiger partial charge is 0.275 e. The van der Waals surface area contributed by atoms with E-state index >= 15 is 0 Å². The molecule has 2 nitrogen and oxygen atoms in total. The van der Waals surface area contributed by atoms with Gasteiger partial charge in [0.25, 0.3) is 0 Å². The first-order valence-corrected chi connectivity index (χ1v) is 6.83. The Hall–Kier alpha value is -1.57. The molecule has 1 aromatic heterocycles. The van der Waals surface area contributed by atoms with E-state index in [2.05, 4.69) is 42.5 Å². The molecule has 0 bridgehead atoms. The van der Waals surface area contributed by atoms with Crippen LogP contribution < -0.4 is 0 Å². The summed E-state index contributed by atoms with van der Waals surface area (Å²) in [7, 11) is 1.98. The van der Waals surface area contributed by atoms with E-state index in [4.69, 9.17) is 0 Å². The lowest BCUT2D eigenvalue weighted by Crippen LogP contribution is -2.06. The van der Waals surface area contributed by atoms with Crippen LogP contribution >= 0.6 is 0 Å². The van der Waals surface area contributed by atoms with Gasteiger partial charge in [0.05, 0.1) is 5.52 Å². The van der Waals surface area contributed by atoms with Gasteiger partial charge in [-0.1, -0.05) is 17.7 Å². The van der Waals surface area contributed by atoms with Crippen LogP contribution in [0, 0.1) is 0 Å². The Morgan fingerprint density at radius 1 is 1.28 bits per heavy atom. The van der Waals surface area contributed by atoms with Crippen molar-refractivity contribution in [1.82, 2.24) is 9.78 Å². The number of aryl methyl sites for hydroxylation is 1. The van der Waals surface area contributed by atoms with Crippen molar-refractivity contribution in [2.45, 2.75) is 38.5 Å². The molecule has 18 heavy (non-hydrogen) atoms. The molecule has 0 radical (unpaired) electrons.